The molecule has 0 saturated heterocycles. The molecule has 0 spiro atoms. The third-order valence-corrected chi connectivity index (χ3v) is 3.46. The zero-order valence-corrected chi connectivity index (χ0v) is 13.7. The minimum absolute atomic E-state index is 0.196. The highest BCUT2D eigenvalue weighted by atomic mass is 35.5. The van der Waals surface area contributed by atoms with Crippen LogP contribution in [0.5, 0.6) is 23.4 Å². The Morgan fingerprint density at radius 2 is 1.30 bits per heavy atom. The molecule has 1 heterocycles. The molecule has 0 aliphatic heterocycles. The van der Waals surface area contributed by atoms with Gasteiger partial charge in [-0.1, -0.05) is 23.2 Å². The molecule has 4 nitrogen and oxygen atoms in total. The molecule has 23 heavy (non-hydrogen) atoms. The van der Waals surface area contributed by atoms with Gasteiger partial charge in [0.15, 0.2) is 0 Å². The van der Waals surface area contributed by atoms with Crippen LogP contribution in [0.2, 0.25) is 10.0 Å². The Kier molecular flexibility index (Phi) is 4.65. The lowest BCUT2D eigenvalue weighted by Gasteiger charge is -2.09. The highest BCUT2D eigenvalue weighted by Crippen LogP contribution is 2.27. The summed E-state index contributed by atoms with van der Waals surface area (Å²) in [4.78, 5) is 8.43. The van der Waals surface area contributed by atoms with Gasteiger partial charge in [0.25, 0.3) is 0 Å². The zero-order chi connectivity index (χ0) is 16.2. The van der Waals surface area contributed by atoms with Crippen LogP contribution in [-0.2, 0) is 0 Å². The van der Waals surface area contributed by atoms with Gasteiger partial charge in [-0.15, -0.1) is 0 Å². The van der Waals surface area contributed by atoms with Crippen LogP contribution in [0.25, 0.3) is 0 Å². The van der Waals surface area contributed by atoms with E-state index in [0.29, 0.717) is 27.4 Å². The van der Waals surface area contributed by atoms with Crippen molar-refractivity contribution < 1.29 is 9.47 Å². The van der Waals surface area contributed by atoms with E-state index in [1.807, 2.05) is 6.92 Å². The first-order chi connectivity index (χ1) is 11.1. The number of benzene rings is 2. The number of ether oxygens (including phenoxy) is 2. The maximum atomic E-state index is 5.86. The maximum Gasteiger partial charge on any atom is 0.325 e. The summed E-state index contributed by atoms with van der Waals surface area (Å²) in [5, 5.41) is 1.28. The Hall–Kier alpha value is -2.30. The van der Waals surface area contributed by atoms with Crippen molar-refractivity contribution in [2.75, 3.05) is 0 Å². The van der Waals surface area contributed by atoms with Crippen LogP contribution in [0, 0.1) is 6.92 Å². The summed E-state index contributed by atoms with van der Waals surface area (Å²) in [6, 6.07) is 14.2. The monoisotopic (exact) mass is 346 g/mol. The van der Waals surface area contributed by atoms with Gasteiger partial charge in [0.1, 0.15) is 11.5 Å². The maximum absolute atomic E-state index is 5.86. The van der Waals surface area contributed by atoms with E-state index in [9.17, 15) is 0 Å². The molecule has 0 aliphatic carbocycles. The molecular formula is C17H12Cl2N2O2. The number of aromatic nitrogens is 2. The van der Waals surface area contributed by atoms with E-state index in [-0.39, 0.29) is 6.01 Å². The normalized spacial score (nSPS) is 10.4. The van der Waals surface area contributed by atoms with Gasteiger partial charge in [0.05, 0.1) is 0 Å². The van der Waals surface area contributed by atoms with Crippen molar-refractivity contribution in [3.05, 3.63) is 70.3 Å². The molecule has 2 aromatic carbocycles. The Morgan fingerprint density at radius 1 is 0.783 bits per heavy atom. The zero-order valence-electron chi connectivity index (χ0n) is 12.2. The van der Waals surface area contributed by atoms with Crippen LogP contribution in [0.1, 0.15) is 5.56 Å². The van der Waals surface area contributed by atoms with E-state index in [0.717, 1.165) is 5.56 Å². The third-order valence-electron chi connectivity index (χ3n) is 2.95. The number of rotatable bonds is 4. The van der Waals surface area contributed by atoms with Crippen LogP contribution in [0.3, 0.4) is 0 Å². The highest BCUT2D eigenvalue weighted by Gasteiger charge is 2.08. The van der Waals surface area contributed by atoms with E-state index in [1.165, 1.54) is 0 Å². The summed E-state index contributed by atoms with van der Waals surface area (Å²) in [6.45, 7) is 1.86. The fraction of sp³-hybridized carbons (Fsp3) is 0.0588. The second-order valence-electron chi connectivity index (χ2n) is 4.75. The molecule has 0 N–H and O–H groups in total. The summed E-state index contributed by atoms with van der Waals surface area (Å²) in [6.07, 6.45) is 1.64. The molecule has 3 aromatic rings. The predicted molar refractivity (Wildman–Crippen MR) is 89.8 cm³/mol. The SMILES string of the molecule is Cc1cnc(Oc2ccc(Cl)cc2)nc1Oc1ccc(Cl)cc1. The molecule has 0 atom stereocenters. The lowest BCUT2D eigenvalue weighted by molar-refractivity contribution is 0.409. The average Bonchev–Trinajstić information content (AvgIpc) is 2.55. The molecule has 0 saturated carbocycles. The number of aryl methyl sites for hydroxylation is 1. The first-order valence-corrected chi connectivity index (χ1v) is 7.56. The Balaban J connectivity index is 1.81. The third kappa shape index (κ3) is 4.12. The molecule has 0 amide bonds. The van der Waals surface area contributed by atoms with Crippen LogP contribution in [0.15, 0.2) is 54.7 Å². The molecule has 0 unspecified atom stereocenters. The molecule has 0 fully saturated rings. The molecule has 1 aromatic heterocycles. The highest BCUT2D eigenvalue weighted by molar-refractivity contribution is 6.30. The molecule has 0 bridgehead atoms. The topological polar surface area (TPSA) is 44.2 Å². The van der Waals surface area contributed by atoms with E-state index in [4.69, 9.17) is 32.7 Å². The molecule has 0 radical (unpaired) electrons. The number of nitrogens with zero attached hydrogens (tertiary/aromatic N) is 2. The quantitative estimate of drug-likeness (QED) is 0.609. The van der Waals surface area contributed by atoms with Crippen molar-refractivity contribution in [2.24, 2.45) is 0 Å². The van der Waals surface area contributed by atoms with Crippen LogP contribution >= 0.6 is 23.2 Å². The number of hydrogen-bond donors (Lipinski definition) is 0. The lowest BCUT2D eigenvalue weighted by atomic mass is 10.3. The summed E-state index contributed by atoms with van der Waals surface area (Å²) >= 11 is 11.7. The van der Waals surface area contributed by atoms with Gasteiger partial charge in [0.2, 0.25) is 5.88 Å². The number of halogens is 2. The minimum atomic E-state index is 0.196. The van der Waals surface area contributed by atoms with Gasteiger partial charge in [-0.2, -0.15) is 4.98 Å². The predicted octanol–water partition coefficient (Wildman–Crippen LogP) is 5.68. The van der Waals surface area contributed by atoms with E-state index in [1.54, 1.807) is 54.7 Å². The lowest BCUT2D eigenvalue weighted by Crippen LogP contribution is -1.97. The standard InChI is InChI=1S/C17H12Cl2N2O2/c1-11-10-20-17(23-15-8-4-13(19)5-9-15)21-16(11)22-14-6-2-12(18)3-7-14/h2-10H,1H3. The largest absolute Gasteiger partial charge is 0.439 e. The Labute approximate surface area is 143 Å². The molecular weight excluding hydrogens is 335 g/mol. The first kappa shape index (κ1) is 15.6. The smallest absolute Gasteiger partial charge is 0.325 e. The Bertz CT molecular complexity index is 806. The van der Waals surface area contributed by atoms with E-state index < -0.39 is 0 Å². The van der Waals surface area contributed by atoms with Crippen molar-refractivity contribution in [1.29, 1.82) is 0 Å². The summed E-state index contributed by atoms with van der Waals surface area (Å²) in [5.74, 6) is 1.65. The average molecular weight is 347 g/mol. The van der Waals surface area contributed by atoms with Gasteiger partial charge >= 0.3 is 6.01 Å². The van der Waals surface area contributed by atoms with Crippen LogP contribution in [0.4, 0.5) is 0 Å². The fourth-order valence-electron chi connectivity index (χ4n) is 1.79. The molecule has 6 heteroatoms. The van der Waals surface area contributed by atoms with Gasteiger partial charge in [-0.3, -0.25) is 0 Å². The van der Waals surface area contributed by atoms with Gasteiger partial charge in [0, 0.05) is 21.8 Å². The summed E-state index contributed by atoms with van der Waals surface area (Å²) in [7, 11) is 0. The Morgan fingerprint density at radius 3 is 1.87 bits per heavy atom. The van der Waals surface area contributed by atoms with Crippen LogP contribution in [-0.4, -0.2) is 9.97 Å². The van der Waals surface area contributed by atoms with Crippen LogP contribution < -0.4 is 9.47 Å². The molecule has 3 rings (SSSR count). The summed E-state index contributed by atoms with van der Waals surface area (Å²) < 4.78 is 11.4. The molecule has 0 aliphatic rings. The summed E-state index contributed by atoms with van der Waals surface area (Å²) in [5.41, 5.74) is 0.795. The van der Waals surface area contributed by atoms with Gasteiger partial charge in [-0.25, -0.2) is 4.98 Å². The van der Waals surface area contributed by atoms with Gasteiger partial charge < -0.3 is 9.47 Å². The van der Waals surface area contributed by atoms with E-state index in [2.05, 4.69) is 9.97 Å². The van der Waals surface area contributed by atoms with Crippen molar-refractivity contribution in [3.8, 4) is 23.4 Å². The van der Waals surface area contributed by atoms with Crippen molar-refractivity contribution in [2.45, 2.75) is 6.92 Å². The fourth-order valence-corrected chi connectivity index (χ4v) is 2.04. The number of hydrogen-bond acceptors (Lipinski definition) is 4. The van der Waals surface area contributed by atoms with Crippen molar-refractivity contribution in [3.63, 3.8) is 0 Å². The second-order valence-corrected chi connectivity index (χ2v) is 5.63. The molecule has 116 valence electrons. The second kappa shape index (κ2) is 6.86. The van der Waals surface area contributed by atoms with Crippen molar-refractivity contribution >= 4 is 23.2 Å². The minimum Gasteiger partial charge on any atom is -0.439 e. The first-order valence-electron chi connectivity index (χ1n) is 6.80. The van der Waals surface area contributed by atoms with Gasteiger partial charge in [-0.05, 0) is 55.5 Å². The van der Waals surface area contributed by atoms with Crippen molar-refractivity contribution in [1.82, 2.24) is 9.97 Å². The van der Waals surface area contributed by atoms with E-state index >= 15 is 0 Å².